The fourth-order valence-corrected chi connectivity index (χ4v) is 3.13. The molecule has 0 unspecified atom stereocenters. The first-order valence-electron chi connectivity index (χ1n) is 8.70. The zero-order chi connectivity index (χ0) is 20.4. The molecule has 1 aromatic carbocycles. The molecule has 0 bridgehead atoms. The van der Waals surface area contributed by atoms with E-state index in [2.05, 4.69) is 9.98 Å². The normalized spacial score (nSPS) is 11.1. The Balaban J connectivity index is 1.74. The largest absolute Gasteiger partial charge is 0.492 e. The highest BCUT2D eigenvalue weighted by Crippen LogP contribution is 2.33. The number of hydrogen-bond donors (Lipinski definition) is 1. The molecule has 28 heavy (non-hydrogen) atoms. The molecule has 9 heteroatoms. The molecular weight excluding hydrogens is 421 g/mol. The molecule has 148 valence electrons. The molecule has 2 N–H and O–H groups in total. The second-order valence-electron chi connectivity index (χ2n) is 5.89. The maximum Gasteiger partial charge on any atom is 0.211 e. The summed E-state index contributed by atoms with van der Waals surface area (Å²) < 4.78 is 5.67. The van der Waals surface area contributed by atoms with Gasteiger partial charge in [-0.3, -0.25) is 4.98 Å². The minimum Gasteiger partial charge on any atom is -0.492 e. The van der Waals surface area contributed by atoms with Gasteiger partial charge in [-0.2, -0.15) is 5.26 Å². The molecular formula is C19H20Cl3N5O. The quantitative estimate of drug-likeness (QED) is 0.188. The van der Waals surface area contributed by atoms with E-state index in [-0.39, 0.29) is 5.96 Å². The van der Waals surface area contributed by atoms with Gasteiger partial charge in [0.25, 0.3) is 0 Å². The van der Waals surface area contributed by atoms with Crippen LogP contribution in [0, 0.1) is 11.5 Å². The standard InChI is InChI=1S/C19H20Cl3N5O/c20-15-11-17(22)18(12-16(15)21)28-10-4-2-1-3-9-27(19(24)26-13-23)14-5-7-25-8-6-14/h5-8,11-12H,1-4,9-10H2,(H2,24,26). The number of aliphatic imine (C=N–C) groups is 1. The summed E-state index contributed by atoms with van der Waals surface area (Å²) in [6, 6.07) is 6.85. The van der Waals surface area contributed by atoms with Crippen LogP contribution in [0.25, 0.3) is 0 Å². The van der Waals surface area contributed by atoms with Crippen molar-refractivity contribution in [3.05, 3.63) is 51.7 Å². The Kier molecular flexibility index (Phi) is 9.15. The lowest BCUT2D eigenvalue weighted by Gasteiger charge is -2.22. The van der Waals surface area contributed by atoms with Crippen molar-refractivity contribution in [2.75, 3.05) is 18.1 Å². The lowest BCUT2D eigenvalue weighted by molar-refractivity contribution is 0.305. The fourth-order valence-electron chi connectivity index (χ4n) is 2.53. The second-order valence-corrected chi connectivity index (χ2v) is 7.11. The average Bonchev–Trinajstić information content (AvgIpc) is 2.68. The van der Waals surface area contributed by atoms with Crippen LogP contribution in [0.15, 0.2) is 41.7 Å². The number of halogens is 3. The van der Waals surface area contributed by atoms with Crippen LogP contribution in [0.2, 0.25) is 15.1 Å². The second kappa shape index (κ2) is 11.6. The highest BCUT2D eigenvalue weighted by atomic mass is 35.5. The number of rotatable bonds is 9. The van der Waals surface area contributed by atoms with Crippen molar-refractivity contribution in [3.63, 3.8) is 0 Å². The predicted molar refractivity (Wildman–Crippen MR) is 114 cm³/mol. The van der Waals surface area contributed by atoms with E-state index in [4.69, 9.17) is 50.5 Å². The zero-order valence-electron chi connectivity index (χ0n) is 15.1. The Morgan fingerprint density at radius 3 is 2.46 bits per heavy atom. The number of aromatic nitrogens is 1. The van der Waals surface area contributed by atoms with Gasteiger partial charge in [0, 0.05) is 30.7 Å². The van der Waals surface area contributed by atoms with Crippen molar-refractivity contribution < 1.29 is 4.74 Å². The molecule has 0 atom stereocenters. The van der Waals surface area contributed by atoms with Crippen LogP contribution in [0.4, 0.5) is 5.69 Å². The molecule has 1 heterocycles. The van der Waals surface area contributed by atoms with Gasteiger partial charge in [0.15, 0.2) is 0 Å². The van der Waals surface area contributed by atoms with Crippen LogP contribution in [0.5, 0.6) is 5.75 Å². The molecule has 0 saturated carbocycles. The Labute approximate surface area is 179 Å². The molecule has 0 radical (unpaired) electrons. The summed E-state index contributed by atoms with van der Waals surface area (Å²) in [6.07, 6.45) is 8.77. The highest BCUT2D eigenvalue weighted by molar-refractivity contribution is 6.43. The van der Waals surface area contributed by atoms with E-state index >= 15 is 0 Å². The molecule has 2 rings (SSSR count). The number of unbranched alkanes of at least 4 members (excludes halogenated alkanes) is 3. The minimum atomic E-state index is 0.172. The molecule has 6 nitrogen and oxygen atoms in total. The summed E-state index contributed by atoms with van der Waals surface area (Å²) in [5.74, 6) is 0.701. The minimum absolute atomic E-state index is 0.172. The SMILES string of the molecule is N#CN=C(N)N(CCCCCCOc1cc(Cl)c(Cl)cc1Cl)c1ccncc1. The molecule has 0 spiro atoms. The van der Waals surface area contributed by atoms with Crippen molar-refractivity contribution in [2.45, 2.75) is 25.7 Å². The van der Waals surface area contributed by atoms with E-state index in [1.807, 2.05) is 12.1 Å². The molecule has 0 aliphatic rings. The van der Waals surface area contributed by atoms with Gasteiger partial charge in [-0.25, -0.2) is 0 Å². The zero-order valence-corrected chi connectivity index (χ0v) is 17.4. The first-order valence-corrected chi connectivity index (χ1v) is 9.83. The van der Waals surface area contributed by atoms with Gasteiger partial charge in [0.05, 0.1) is 21.7 Å². The summed E-state index contributed by atoms with van der Waals surface area (Å²) in [5, 5.41) is 10.0. The topological polar surface area (TPSA) is 87.5 Å². The van der Waals surface area contributed by atoms with Gasteiger partial charge >= 0.3 is 0 Å². The number of nitrogens with two attached hydrogens (primary N) is 1. The molecule has 1 aromatic heterocycles. The number of nitrogens with zero attached hydrogens (tertiary/aromatic N) is 4. The number of guanidine groups is 1. The van der Waals surface area contributed by atoms with Gasteiger partial charge < -0.3 is 15.4 Å². The van der Waals surface area contributed by atoms with Crippen LogP contribution in [-0.2, 0) is 0 Å². The van der Waals surface area contributed by atoms with Gasteiger partial charge in [0.1, 0.15) is 5.75 Å². The van der Waals surface area contributed by atoms with Crippen LogP contribution < -0.4 is 15.4 Å². The summed E-state index contributed by atoms with van der Waals surface area (Å²) in [7, 11) is 0. The Hall–Kier alpha value is -2.20. The van der Waals surface area contributed by atoms with E-state index in [0.29, 0.717) is 34.0 Å². The molecule has 0 aliphatic heterocycles. The highest BCUT2D eigenvalue weighted by Gasteiger charge is 2.10. The number of ether oxygens (including phenoxy) is 1. The smallest absolute Gasteiger partial charge is 0.211 e. The van der Waals surface area contributed by atoms with Crippen molar-refractivity contribution in [1.82, 2.24) is 4.98 Å². The van der Waals surface area contributed by atoms with Crippen molar-refractivity contribution in [3.8, 4) is 11.9 Å². The third kappa shape index (κ3) is 6.75. The monoisotopic (exact) mass is 439 g/mol. The average molecular weight is 441 g/mol. The summed E-state index contributed by atoms with van der Waals surface area (Å²) in [6.45, 7) is 1.18. The summed E-state index contributed by atoms with van der Waals surface area (Å²) in [4.78, 5) is 9.43. The summed E-state index contributed by atoms with van der Waals surface area (Å²) in [5.41, 5.74) is 6.76. The summed E-state index contributed by atoms with van der Waals surface area (Å²) >= 11 is 18.0. The number of pyridine rings is 1. The number of hydrogen-bond acceptors (Lipinski definition) is 4. The van der Waals surface area contributed by atoms with Crippen LogP contribution in [0.3, 0.4) is 0 Å². The number of benzene rings is 1. The number of anilines is 1. The lowest BCUT2D eigenvalue weighted by atomic mass is 10.2. The third-order valence-corrected chi connectivity index (χ3v) is 4.94. The molecule has 0 saturated heterocycles. The molecule has 0 fully saturated rings. The maximum atomic E-state index is 8.75. The lowest BCUT2D eigenvalue weighted by Crippen LogP contribution is -2.38. The Morgan fingerprint density at radius 2 is 1.75 bits per heavy atom. The van der Waals surface area contributed by atoms with Gasteiger partial charge in [-0.15, -0.1) is 4.99 Å². The maximum absolute atomic E-state index is 8.75. The van der Waals surface area contributed by atoms with Gasteiger partial charge in [0.2, 0.25) is 12.2 Å². The predicted octanol–water partition coefficient (Wildman–Crippen LogP) is 5.28. The van der Waals surface area contributed by atoms with Crippen LogP contribution in [-0.4, -0.2) is 24.1 Å². The Bertz CT molecular complexity index is 839. The van der Waals surface area contributed by atoms with Crippen molar-refractivity contribution in [1.29, 1.82) is 5.26 Å². The van der Waals surface area contributed by atoms with Gasteiger partial charge in [-0.05, 0) is 31.0 Å². The Morgan fingerprint density at radius 1 is 1.07 bits per heavy atom. The molecule has 0 amide bonds. The molecule has 2 aromatic rings. The van der Waals surface area contributed by atoms with E-state index < -0.39 is 0 Å². The first-order chi connectivity index (χ1) is 13.5. The number of nitriles is 1. The van der Waals surface area contributed by atoms with E-state index in [0.717, 1.165) is 31.4 Å². The van der Waals surface area contributed by atoms with Crippen LogP contribution in [0.1, 0.15) is 25.7 Å². The van der Waals surface area contributed by atoms with E-state index in [1.165, 1.54) is 0 Å². The van der Waals surface area contributed by atoms with Crippen molar-refractivity contribution in [2.24, 2.45) is 10.7 Å². The van der Waals surface area contributed by atoms with Crippen molar-refractivity contribution >= 4 is 46.4 Å². The fraction of sp³-hybridized carbons (Fsp3) is 0.316. The van der Waals surface area contributed by atoms with E-state index in [1.54, 1.807) is 35.6 Å². The third-order valence-electron chi connectivity index (χ3n) is 3.92. The first kappa shape index (κ1) is 22.1. The van der Waals surface area contributed by atoms with E-state index in [9.17, 15) is 0 Å². The molecule has 0 aliphatic carbocycles. The van der Waals surface area contributed by atoms with Gasteiger partial charge in [-0.1, -0.05) is 47.6 Å². The van der Waals surface area contributed by atoms with Crippen LogP contribution >= 0.6 is 34.8 Å².